The van der Waals surface area contributed by atoms with E-state index < -0.39 is 0 Å². The smallest absolute Gasteiger partial charge is 0.0737 e. The third kappa shape index (κ3) is 3.03. The molecule has 1 aromatic heterocycles. The van der Waals surface area contributed by atoms with Crippen LogP contribution < -0.4 is 5.32 Å². The van der Waals surface area contributed by atoms with Crippen molar-refractivity contribution in [1.82, 2.24) is 4.98 Å². The predicted octanol–water partition coefficient (Wildman–Crippen LogP) is 2.05. The van der Waals surface area contributed by atoms with Gasteiger partial charge in [0.15, 0.2) is 0 Å². The lowest BCUT2D eigenvalue weighted by Gasteiger charge is -2.09. The number of pyridine rings is 1. The molecule has 0 saturated carbocycles. The lowest BCUT2D eigenvalue weighted by molar-refractivity contribution is 0.134. The van der Waals surface area contributed by atoms with Gasteiger partial charge in [0.05, 0.1) is 18.5 Å². The molecule has 1 N–H and O–H groups in total. The molecule has 0 aliphatic heterocycles. The first kappa shape index (κ1) is 9.99. The van der Waals surface area contributed by atoms with Crippen LogP contribution >= 0.6 is 0 Å². The summed E-state index contributed by atoms with van der Waals surface area (Å²) in [6.07, 6.45) is 3.62. The van der Waals surface area contributed by atoms with Crippen LogP contribution in [0.5, 0.6) is 0 Å². The maximum absolute atomic E-state index is 5.34. The normalized spacial score (nSPS) is 10.0. The number of aromatic nitrogens is 1. The van der Waals surface area contributed by atoms with Crippen LogP contribution in [0.25, 0.3) is 0 Å². The molecule has 0 atom stereocenters. The molecular formula is C10H16N2O. The van der Waals surface area contributed by atoms with Gasteiger partial charge in [-0.2, -0.15) is 0 Å². The van der Waals surface area contributed by atoms with Crippen LogP contribution in [-0.4, -0.2) is 18.1 Å². The first-order valence-electron chi connectivity index (χ1n) is 4.63. The standard InChI is InChI=1S/C10H16N2O/c1-3-12-10-7-11-6-5-9(10)8-13-4-2/h5-7,12H,3-4,8H2,1-2H3. The van der Waals surface area contributed by atoms with Crippen LogP contribution in [-0.2, 0) is 11.3 Å². The largest absolute Gasteiger partial charge is 0.384 e. The molecule has 0 fully saturated rings. The van der Waals surface area contributed by atoms with Gasteiger partial charge < -0.3 is 10.1 Å². The van der Waals surface area contributed by atoms with E-state index in [1.54, 1.807) is 6.20 Å². The van der Waals surface area contributed by atoms with E-state index in [1.165, 1.54) is 5.56 Å². The molecule has 1 aromatic rings. The Morgan fingerprint density at radius 1 is 1.46 bits per heavy atom. The van der Waals surface area contributed by atoms with Crippen molar-refractivity contribution in [3.05, 3.63) is 24.0 Å². The lowest BCUT2D eigenvalue weighted by Crippen LogP contribution is -2.02. The van der Waals surface area contributed by atoms with Crippen LogP contribution in [0.4, 0.5) is 5.69 Å². The monoisotopic (exact) mass is 180 g/mol. The second-order valence-corrected chi connectivity index (χ2v) is 2.70. The summed E-state index contributed by atoms with van der Waals surface area (Å²) in [5.41, 5.74) is 2.23. The number of hydrogen-bond acceptors (Lipinski definition) is 3. The Balaban J connectivity index is 2.66. The second kappa shape index (κ2) is 5.54. The van der Waals surface area contributed by atoms with Gasteiger partial charge in [0, 0.05) is 24.9 Å². The number of nitrogens with zero attached hydrogens (tertiary/aromatic N) is 1. The van der Waals surface area contributed by atoms with Gasteiger partial charge in [0.25, 0.3) is 0 Å². The summed E-state index contributed by atoms with van der Waals surface area (Å²) in [6, 6.07) is 1.98. The highest BCUT2D eigenvalue weighted by atomic mass is 16.5. The van der Waals surface area contributed by atoms with Gasteiger partial charge in [0.2, 0.25) is 0 Å². The second-order valence-electron chi connectivity index (χ2n) is 2.70. The van der Waals surface area contributed by atoms with Crippen molar-refractivity contribution in [2.24, 2.45) is 0 Å². The van der Waals surface area contributed by atoms with E-state index in [4.69, 9.17) is 4.74 Å². The summed E-state index contributed by atoms with van der Waals surface area (Å²) in [5, 5.41) is 3.24. The van der Waals surface area contributed by atoms with Gasteiger partial charge in [-0.1, -0.05) is 0 Å². The highest BCUT2D eigenvalue weighted by Crippen LogP contribution is 2.13. The van der Waals surface area contributed by atoms with E-state index in [1.807, 2.05) is 19.2 Å². The van der Waals surface area contributed by atoms with Crippen molar-refractivity contribution in [3.8, 4) is 0 Å². The van der Waals surface area contributed by atoms with Crippen molar-refractivity contribution in [2.45, 2.75) is 20.5 Å². The molecule has 0 bridgehead atoms. The molecule has 3 nitrogen and oxygen atoms in total. The SMILES string of the molecule is CCNc1cnccc1COCC. The fraction of sp³-hybridized carbons (Fsp3) is 0.500. The minimum Gasteiger partial charge on any atom is -0.384 e. The Labute approximate surface area is 79.1 Å². The number of nitrogens with one attached hydrogen (secondary N) is 1. The lowest BCUT2D eigenvalue weighted by atomic mass is 10.2. The van der Waals surface area contributed by atoms with Crippen molar-refractivity contribution < 1.29 is 4.74 Å². The summed E-state index contributed by atoms with van der Waals surface area (Å²) < 4.78 is 5.34. The maximum Gasteiger partial charge on any atom is 0.0737 e. The fourth-order valence-corrected chi connectivity index (χ4v) is 1.11. The molecule has 0 aromatic carbocycles. The zero-order valence-electron chi connectivity index (χ0n) is 8.21. The molecule has 0 amide bonds. The van der Waals surface area contributed by atoms with Crippen LogP contribution in [0.15, 0.2) is 18.5 Å². The minimum atomic E-state index is 0.654. The zero-order valence-corrected chi connectivity index (χ0v) is 8.21. The zero-order chi connectivity index (χ0) is 9.52. The molecule has 0 saturated heterocycles. The highest BCUT2D eigenvalue weighted by Gasteiger charge is 1.99. The van der Waals surface area contributed by atoms with Crippen molar-refractivity contribution in [3.63, 3.8) is 0 Å². The summed E-state index contributed by atoms with van der Waals surface area (Å²) in [7, 11) is 0. The van der Waals surface area contributed by atoms with Gasteiger partial charge in [0.1, 0.15) is 0 Å². The summed E-state index contributed by atoms with van der Waals surface area (Å²) in [5.74, 6) is 0. The molecule has 0 aliphatic carbocycles. The fourth-order valence-electron chi connectivity index (χ4n) is 1.11. The van der Waals surface area contributed by atoms with Gasteiger partial charge in [-0.3, -0.25) is 4.98 Å². The summed E-state index contributed by atoms with van der Waals surface area (Å²) in [4.78, 5) is 4.05. The van der Waals surface area contributed by atoms with Gasteiger partial charge >= 0.3 is 0 Å². The molecule has 0 radical (unpaired) electrons. The van der Waals surface area contributed by atoms with Gasteiger partial charge in [-0.05, 0) is 19.9 Å². The molecule has 0 spiro atoms. The van der Waals surface area contributed by atoms with Crippen molar-refractivity contribution >= 4 is 5.69 Å². The van der Waals surface area contributed by atoms with Crippen LogP contribution in [0.1, 0.15) is 19.4 Å². The maximum atomic E-state index is 5.34. The van der Waals surface area contributed by atoms with Crippen LogP contribution in [0, 0.1) is 0 Å². The number of anilines is 1. The first-order valence-corrected chi connectivity index (χ1v) is 4.63. The van der Waals surface area contributed by atoms with Gasteiger partial charge in [-0.25, -0.2) is 0 Å². The van der Waals surface area contributed by atoms with Crippen molar-refractivity contribution in [2.75, 3.05) is 18.5 Å². The Hall–Kier alpha value is -1.09. The van der Waals surface area contributed by atoms with E-state index in [-0.39, 0.29) is 0 Å². The van der Waals surface area contributed by atoms with E-state index in [9.17, 15) is 0 Å². The minimum absolute atomic E-state index is 0.654. The molecular weight excluding hydrogens is 164 g/mol. The highest BCUT2D eigenvalue weighted by molar-refractivity contribution is 5.48. The Morgan fingerprint density at radius 2 is 2.31 bits per heavy atom. The van der Waals surface area contributed by atoms with Crippen molar-refractivity contribution in [1.29, 1.82) is 0 Å². The molecule has 0 unspecified atom stereocenters. The first-order chi connectivity index (χ1) is 6.38. The molecule has 0 aliphatic rings. The summed E-state index contributed by atoms with van der Waals surface area (Å²) >= 11 is 0. The predicted molar refractivity (Wildman–Crippen MR) is 53.7 cm³/mol. The molecule has 1 rings (SSSR count). The molecule has 13 heavy (non-hydrogen) atoms. The van der Waals surface area contributed by atoms with E-state index in [2.05, 4.69) is 17.2 Å². The average molecular weight is 180 g/mol. The molecule has 3 heteroatoms. The number of rotatable bonds is 5. The Bertz CT molecular complexity index is 250. The number of hydrogen-bond donors (Lipinski definition) is 1. The van der Waals surface area contributed by atoms with E-state index >= 15 is 0 Å². The average Bonchev–Trinajstić information content (AvgIpc) is 2.17. The van der Waals surface area contributed by atoms with E-state index in [0.29, 0.717) is 6.61 Å². The van der Waals surface area contributed by atoms with E-state index in [0.717, 1.165) is 18.8 Å². The Morgan fingerprint density at radius 3 is 3.00 bits per heavy atom. The third-order valence-electron chi connectivity index (χ3n) is 1.74. The quantitative estimate of drug-likeness (QED) is 0.753. The third-order valence-corrected chi connectivity index (χ3v) is 1.74. The van der Waals surface area contributed by atoms with Crippen LogP contribution in [0.2, 0.25) is 0 Å². The summed E-state index contributed by atoms with van der Waals surface area (Å²) in [6.45, 7) is 6.37. The molecule has 72 valence electrons. The topological polar surface area (TPSA) is 34.2 Å². The van der Waals surface area contributed by atoms with Gasteiger partial charge in [-0.15, -0.1) is 0 Å². The number of ether oxygens (including phenoxy) is 1. The Kier molecular flexibility index (Phi) is 4.26. The molecule has 1 heterocycles. The van der Waals surface area contributed by atoms with Crippen LogP contribution in [0.3, 0.4) is 0 Å².